The van der Waals surface area contributed by atoms with E-state index in [0.717, 1.165) is 0 Å². The van der Waals surface area contributed by atoms with Gasteiger partial charge in [0.25, 0.3) is 0 Å². The van der Waals surface area contributed by atoms with Crippen LogP contribution in [0.4, 0.5) is 0 Å². The third-order valence-corrected chi connectivity index (χ3v) is 4.09. The summed E-state index contributed by atoms with van der Waals surface area (Å²) in [6.07, 6.45) is 1.15. The quantitative estimate of drug-likeness (QED) is 0.540. The summed E-state index contributed by atoms with van der Waals surface area (Å²) in [4.78, 5) is 36.7. The molecule has 0 atom stereocenters. The SMILES string of the molecule is CC(C)OC(=O)c1ccn2c(C(=O)c3ccc(C#N)cc3)cc(C(=O)O)c2c1. The summed E-state index contributed by atoms with van der Waals surface area (Å²) < 4.78 is 6.57. The number of hydrogen-bond donors (Lipinski definition) is 1. The molecule has 2 aromatic heterocycles. The Balaban J connectivity index is 2.10. The lowest BCUT2D eigenvalue weighted by atomic mass is 10.1. The van der Waals surface area contributed by atoms with Gasteiger partial charge in [-0.05, 0) is 56.3 Å². The maximum atomic E-state index is 12.9. The third kappa shape index (κ3) is 3.48. The van der Waals surface area contributed by atoms with Crippen molar-refractivity contribution in [1.82, 2.24) is 4.40 Å². The molecule has 0 fully saturated rings. The number of nitrogens with zero attached hydrogens (tertiary/aromatic N) is 2. The first kappa shape index (κ1) is 18.9. The van der Waals surface area contributed by atoms with Crippen LogP contribution in [0.2, 0.25) is 0 Å². The number of nitriles is 1. The van der Waals surface area contributed by atoms with Crippen LogP contribution in [0.15, 0.2) is 48.7 Å². The van der Waals surface area contributed by atoms with Crippen molar-refractivity contribution in [3.05, 3.63) is 76.6 Å². The van der Waals surface area contributed by atoms with Crippen molar-refractivity contribution >= 4 is 23.2 Å². The fourth-order valence-corrected chi connectivity index (χ4v) is 2.80. The minimum atomic E-state index is -1.22. The van der Waals surface area contributed by atoms with Crippen LogP contribution in [0.5, 0.6) is 0 Å². The number of carboxylic acid groups (broad SMARTS) is 1. The number of fused-ring (bicyclic) bond motifs is 1. The van der Waals surface area contributed by atoms with E-state index >= 15 is 0 Å². The van der Waals surface area contributed by atoms with Crippen LogP contribution in [0.25, 0.3) is 5.52 Å². The van der Waals surface area contributed by atoms with Crippen LogP contribution in [-0.4, -0.2) is 33.3 Å². The predicted octanol–water partition coefficient (Wildman–Crippen LogP) is 3.31. The van der Waals surface area contributed by atoms with Gasteiger partial charge < -0.3 is 14.2 Å². The van der Waals surface area contributed by atoms with Gasteiger partial charge in [-0.25, -0.2) is 9.59 Å². The Kier molecular flexibility index (Phi) is 4.96. The molecule has 0 radical (unpaired) electrons. The summed E-state index contributed by atoms with van der Waals surface area (Å²) in [6.45, 7) is 3.43. The number of carbonyl (C=O) groups is 3. The highest BCUT2D eigenvalue weighted by molar-refractivity contribution is 6.11. The minimum absolute atomic E-state index is 0.101. The molecule has 1 aromatic carbocycles. The van der Waals surface area contributed by atoms with Crippen LogP contribution in [0.1, 0.15) is 56.2 Å². The first-order chi connectivity index (χ1) is 13.3. The second-order valence-corrected chi connectivity index (χ2v) is 6.39. The summed E-state index contributed by atoms with van der Waals surface area (Å²) >= 11 is 0. The van der Waals surface area contributed by atoms with Crippen molar-refractivity contribution in [2.75, 3.05) is 0 Å². The Bertz CT molecular complexity index is 1130. The molecule has 3 rings (SSSR count). The third-order valence-electron chi connectivity index (χ3n) is 4.09. The van der Waals surface area contributed by atoms with Crippen LogP contribution < -0.4 is 0 Å². The fraction of sp³-hybridized carbons (Fsp3) is 0.143. The molecule has 0 aliphatic carbocycles. The van der Waals surface area contributed by atoms with E-state index in [-0.39, 0.29) is 28.4 Å². The molecular formula is C21H16N2O5. The Hall–Kier alpha value is -3.92. The second kappa shape index (κ2) is 7.37. The highest BCUT2D eigenvalue weighted by Crippen LogP contribution is 2.22. The molecule has 140 valence electrons. The number of pyridine rings is 1. The van der Waals surface area contributed by atoms with Crippen molar-refractivity contribution in [3.8, 4) is 6.07 Å². The Morgan fingerprint density at radius 2 is 1.75 bits per heavy atom. The van der Waals surface area contributed by atoms with Gasteiger partial charge in [-0.2, -0.15) is 5.26 Å². The molecule has 3 aromatic rings. The van der Waals surface area contributed by atoms with E-state index in [9.17, 15) is 19.5 Å². The number of carboxylic acids is 1. The lowest BCUT2D eigenvalue weighted by molar-refractivity contribution is 0.0377. The number of aromatic nitrogens is 1. The van der Waals surface area contributed by atoms with Crippen LogP contribution in [0, 0.1) is 11.3 Å². The summed E-state index contributed by atoms with van der Waals surface area (Å²) in [5.74, 6) is -2.19. The Morgan fingerprint density at radius 3 is 2.32 bits per heavy atom. The largest absolute Gasteiger partial charge is 0.478 e. The zero-order chi connectivity index (χ0) is 20.4. The number of ketones is 1. The molecule has 0 saturated carbocycles. The van der Waals surface area contributed by atoms with Gasteiger partial charge in [-0.1, -0.05) is 0 Å². The summed E-state index contributed by atoms with van der Waals surface area (Å²) in [6, 6.07) is 12.2. The summed E-state index contributed by atoms with van der Waals surface area (Å²) in [5.41, 5.74) is 1.17. The lowest BCUT2D eigenvalue weighted by Gasteiger charge is -2.09. The molecule has 0 saturated heterocycles. The van der Waals surface area contributed by atoms with E-state index in [4.69, 9.17) is 10.00 Å². The van der Waals surface area contributed by atoms with E-state index in [1.165, 1.54) is 53.1 Å². The van der Waals surface area contributed by atoms with Gasteiger partial charge in [0.1, 0.15) is 0 Å². The molecule has 0 unspecified atom stereocenters. The van der Waals surface area contributed by atoms with Crippen LogP contribution >= 0.6 is 0 Å². The molecule has 1 N–H and O–H groups in total. The number of benzene rings is 1. The molecule has 0 aliphatic rings. The normalized spacial score (nSPS) is 10.6. The highest BCUT2D eigenvalue weighted by atomic mass is 16.5. The van der Waals surface area contributed by atoms with E-state index in [0.29, 0.717) is 11.1 Å². The maximum absolute atomic E-state index is 12.9. The topological polar surface area (TPSA) is 109 Å². The fourth-order valence-electron chi connectivity index (χ4n) is 2.80. The van der Waals surface area contributed by atoms with Gasteiger partial charge in [0, 0.05) is 11.8 Å². The number of aromatic carboxylic acids is 1. The molecule has 7 heteroatoms. The van der Waals surface area contributed by atoms with Crippen LogP contribution in [-0.2, 0) is 4.74 Å². The first-order valence-electron chi connectivity index (χ1n) is 8.46. The van der Waals surface area contributed by atoms with Gasteiger partial charge in [0.2, 0.25) is 5.78 Å². The van der Waals surface area contributed by atoms with Crippen molar-refractivity contribution in [1.29, 1.82) is 5.26 Å². The van der Waals surface area contributed by atoms with Gasteiger partial charge in [0.15, 0.2) is 0 Å². The molecule has 7 nitrogen and oxygen atoms in total. The average molecular weight is 376 g/mol. The first-order valence-corrected chi connectivity index (χ1v) is 8.46. The Labute approximate surface area is 160 Å². The van der Waals surface area contributed by atoms with E-state index in [2.05, 4.69) is 0 Å². The highest BCUT2D eigenvalue weighted by Gasteiger charge is 2.22. The van der Waals surface area contributed by atoms with Gasteiger partial charge in [-0.3, -0.25) is 4.79 Å². The van der Waals surface area contributed by atoms with Crippen molar-refractivity contribution < 1.29 is 24.2 Å². The molecule has 0 spiro atoms. The monoisotopic (exact) mass is 376 g/mol. The second-order valence-electron chi connectivity index (χ2n) is 6.39. The predicted molar refractivity (Wildman–Crippen MR) is 99.5 cm³/mol. The standard InChI is InChI=1S/C21H16N2O5/c1-12(2)28-21(27)15-7-8-23-17(9-15)16(20(25)26)10-18(23)19(24)14-5-3-13(11-22)4-6-14/h3-10,12H,1-2H3,(H,25,26). The van der Waals surface area contributed by atoms with E-state index in [1.54, 1.807) is 13.8 Å². The van der Waals surface area contributed by atoms with Crippen LogP contribution in [0.3, 0.4) is 0 Å². The van der Waals surface area contributed by atoms with E-state index in [1.807, 2.05) is 6.07 Å². The van der Waals surface area contributed by atoms with Crippen molar-refractivity contribution in [2.24, 2.45) is 0 Å². The molecule has 0 bridgehead atoms. The maximum Gasteiger partial charge on any atom is 0.338 e. The number of rotatable bonds is 5. The molecule has 0 amide bonds. The molecule has 2 heterocycles. The summed E-state index contributed by atoms with van der Waals surface area (Å²) in [5, 5.41) is 18.4. The minimum Gasteiger partial charge on any atom is -0.478 e. The zero-order valence-electron chi connectivity index (χ0n) is 15.2. The van der Waals surface area contributed by atoms with Crippen molar-refractivity contribution in [2.45, 2.75) is 20.0 Å². The number of carbonyl (C=O) groups excluding carboxylic acids is 2. The number of esters is 1. The lowest BCUT2D eigenvalue weighted by Crippen LogP contribution is -2.12. The molecule has 28 heavy (non-hydrogen) atoms. The number of hydrogen-bond acceptors (Lipinski definition) is 5. The van der Waals surface area contributed by atoms with Crippen molar-refractivity contribution in [3.63, 3.8) is 0 Å². The average Bonchev–Trinajstić information content (AvgIpc) is 3.06. The van der Waals surface area contributed by atoms with Gasteiger partial charge in [0.05, 0.1) is 40.1 Å². The zero-order valence-corrected chi connectivity index (χ0v) is 15.2. The number of ether oxygens (including phenoxy) is 1. The van der Waals surface area contributed by atoms with Gasteiger partial charge >= 0.3 is 11.9 Å². The smallest absolute Gasteiger partial charge is 0.338 e. The van der Waals surface area contributed by atoms with E-state index < -0.39 is 17.7 Å². The molecular weight excluding hydrogens is 360 g/mol. The van der Waals surface area contributed by atoms with Gasteiger partial charge in [-0.15, -0.1) is 0 Å². The Morgan fingerprint density at radius 1 is 1.07 bits per heavy atom. The molecule has 0 aliphatic heterocycles. The summed E-state index contributed by atoms with van der Waals surface area (Å²) in [7, 11) is 0.